The Hall–Kier alpha value is -1.40. The van der Waals surface area contributed by atoms with Gasteiger partial charge < -0.3 is 15.5 Å². The van der Waals surface area contributed by atoms with Crippen molar-refractivity contribution in [2.75, 3.05) is 31.1 Å². The number of halogens is 1. The number of nitrogens with two attached hydrogens (primary N) is 1. The SMILES string of the molecule is Cc1cc(N2C[C@H](C(=O)N3CC[C@@H](CN)C3)CC2=O)ccc1Br. The summed E-state index contributed by atoms with van der Waals surface area (Å²) in [7, 11) is 0. The van der Waals surface area contributed by atoms with Crippen molar-refractivity contribution in [1.29, 1.82) is 0 Å². The Kier molecular flexibility index (Phi) is 4.73. The third-order valence-corrected chi connectivity index (χ3v) is 5.75. The molecule has 1 aromatic rings. The number of nitrogens with zero attached hydrogens (tertiary/aromatic N) is 2. The molecule has 2 N–H and O–H groups in total. The summed E-state index contributed by atoms with van der Waals surface area (Å²) >= 11 is 3.47. The van der Waals surface area contributed by atoms with Gasteiger partial charge in [-0.3, -0.25) is 9.59 Å². The molecule has 0 radical (unpaired) electrons. The van der Waals surface area contributed by atoms with Crippen molar-refractivity contribution >= 4 is 33.4 Å². The van der Waals surface area contributed by atoms with Crippen molar-refractivity contribution < 1.29 is 9.59 Å². The van der Waals surface area contributed by atoms with Crippen molar-refractivity contribution in [3.8, 4) is 0 Å². The van der Waals surface area contributed by atoms with Crippen molar-refractivity contribution in [2.24, 2.45) is 17.6 Å². The van der Waals surface area contributed by atoms with Gasteiger partial charge >= 0.3 is 0 Å². The van der Waals surface area contributed by atoms with E-state index in [1.807, 2.05) is 30.0 Å². The Morgan fingerprint density at radius 2 is 2.17 bits per heavy atom. The van der Waals surface area contributed by atoms with Gasteiger partial charge in [-0.05, 0) is 49.6 Å². The van der Waals surface area contributed by atoms with E-state index in [0.717, 1.165) is 35.2 Å². The van der Waals surface area contributed by atoms with Gasteiger partial charge in [0, 0.05) is 36.2 Å². The van der Waals surface area contributed by atoms with Crippen LogP contribution in [-0.2, 0) is 9.59 Å². The highest BCUT2D eigenvalue weighted by atomic mass is 79.9. The molecular weight excluding hydrogens is 358 g/mol. The Morgan fingerprint density at radius 1 is 1.39 bits per heavy atom. The molecule has 0 bridgehead atoms. The highest BCUT2D eigenvalue weighted by Gasteiger charge is 2.38. The van der Waals surface area contributed by atoms with E-state index in [1.165, 1.54) is 0 Å². The van der Waals surface area contributed by atoms with Gasteiger partial charge in [0.2, 0.25) is 11.8 Å². The summed E-state index contributed by atoms with van der Waals surface area (Å²) < 4.78 is 1.02. The first kappa shape index (κ1) is 16.5. The maximum Gasteiger partial charge on any atom is 0.228 e. The van der Waals surface area contributed by atoms with Gasteiger partial charge in [0.1, 0.15) is 0 Å². The van der Waals surface area contributed by atoms with E-state index in [0.29, 0.717) is 25.4 Å². The molecule has 2 amide bonds. The normalized spacial score (nSPS) is 24.6. The predicted octanol–water partition coefficient (Wildman–Crippen LogP) is 1.92. The summed E-state index contributed by atoms with van der Waals surface area (Å²) in [6.45, 7) is 4.59. The molecule has 6 heteroatoms. The number of hydrogen-bond donors (Lipinski definition) is 1. The zero-order valence-corrected chi connectivity index (χ0v) is 14.9. The van der Waals surface area contributed by atoms with Gasteiger partial charge in [-0.2, -0.15) is 0 Å². The van der Waals surface area contributed by atoms with Crippen LogP contribution in [0.2, 0.25) is 0 Å². The van der Waals surface area contributed by atoms with E-state index in [1.54, 1.807) is 4.90 Å². The summed E-state index contributed by atoms with van der Waals surface area (Å²) in [5.74, 6) is 0.300. The third kappa shape index (κ3) is 3.28. The van der Waals surface area contributed by atoms with E-state index in [2.05, 4.69) is 15.9 Å². The van der Waals surface area contributed by atoms with Crippen molar-refractivity contribution in [2.45, 2.75) is 19.8 Å². The molecule has 2 aliphatic heterocycles. The minimum atomic E-state index is -0.233. The second kappa shape index (κ2) is 6.61. The molecule has 0 saturated carbocycles. The minimum absolute atomic E-state index is 0.0274. The van der Waals surface area contributed by atoms with E-state index in [4.69, 9.17) is 5.73 Å². The lowest BCUT2D eigenvalue weighted by atomic mass is 10.1. The molecule has 0 aromatic heterocycles. The smallest absolute Gasteiger partial charge is 0.228 e. The topological polar surface area (TPSA) is 66.6 Å². The number of carbonyl (C=O) groups is 2. The summed E-state index contributed by atoms with van der Waals surface area (Å²) in [6, 6.07) is 5.84. The monoisotopic (exact) mass is 379 g/mol. The van der Waals surface area contributed by atoms with Crippen LogP contribution in [0, 0.1) is 18.8 Å². The maximum absolute atomic E-state index is 12.7. The lowest BCUT2D eigenvalue weighted by molar-refractivity contribution is -0.134. The number of anilines is 1. The Morgan fingerprint density at radius 3 is 2.83 bits per heavy atom. The highest BCUT2D eigenvalue weighted by molar-refractivity contribution is 9.10. The van der Waals surface area contributed by atoms with Crippen molar-refractivity contribution in [3.63, 3.8) is 0 Å². The maximum atomic E-state index is 12.7. The number of carbonyl (C=O) groups excluding carboxylic acids is 2. The molecule has 1 aromatic carbocycles. The third-order valence-electron chi connectivity index (χ3n) is 4.86. The van der Waals surface area contributed by atoms with Crippen LogP contribution in [0.5, 0.6) is 0 Å². The molecule has 2 heterocycles. The van der Waals surface area contributed by atoms with Gasteiger partial charge in [0.05, 0.1) is 5.92 Å². The van der Waals surface area contributed by atoms with Crippen LogP contribution in [0.1, 0.15) is 18.4 Å². The Balaban J connectivity index is 1.69. The molecule has 2 saturated heterocycles. The number of benzene rings is 1. The van der Waals surface area contributed by atoms with Gasteiger partial charge in [0.15, 0.2) is 0 Å². The summed E-state index contributed by atoms with van der Waals surface area (Å²) in [5, 5.41) is 0. The van der Waals surface area contributed by atoms with Crippen LogP contribution in [0.25, 0.3) is 0 Å². The van der Waals surface area contributed by atoms with Crippen molar-refractivity contribution in [3.05, 3.63) is 28.2 Å². The minimum Gasteiger partial charge on any atom is -0.342 e. The molecule has 2 aliphatic rings. The summed E-state index contributed by atoms with van der Waals surface area (Å²) in [5.41, 5.74) is 7.64. The fourth-order valence-electron chi connectivity index (χ4n) is 3.40. The number of amides is 2. The van der Waals surface area contributed by atoms with Crippen LogP contribution in [0.4, 0.5) is 5.69 Å². The molecular formula is C17H22BrN3O2. The molecule has 2 fully saturated rings. The highest BCUT2D eigenvalue weighted by Crippen LogP contribution is 2.30. The predicted molar refractivity (Wildman–Crippen MR) is 93.1 cm³/mol. The van der Waals surface area contributed by atoms with Crippen LogP contribution in [0.3, 0.4) is 0 Å². The summed E-state index contributed by atoms with van der Waals surface area (Å²) in [6.07, 6.45) is 1.27. The molecule has 23 heavy (non-hydrogen) atoms. The van der Waals surface area contributed by atoms with Crippen LogP contribution in [-0.4, -0.2) is 42.9 Å². The standard InChI is InChI=1S/C17H22BrN3O2/c1-11-6-14(2-3-15(11)18)21-10-13(7-16(21)22)17(23)20-5-4-12(8-19)9-20/h2-3,6,12-13H,4-5,7-10,19H2,1H3/t12-,13+/m0/s1. The molecule has 0 unspecified atom stereocenters. The molecule has 124 valence electrons. The largest absolute Gasteiger partial charge is 0.342 e. The zero-order valence-electron chi connectivity index (χ0n) is 13.3. The van der Waals surface area contributed by atoms with Gasteiger partial charge in [-0.15, -0.1) is 0 Å². The fourth-order valence-corrected chi connectivity index (χ4v) is 3.65. The lowest BCUT2D eigenvalue weighted by Crippen LogP contribution is -2.36. The zero-order chi connectivity index (χ0) is 16.6. The quantitative estimate of drug-likeness (QED) is 0.871. The van der Waals surface area contributed by atoms with Gasteiger partial charge in [0.25, 0.3) is 0 Å². The van der Waals surface area contributed by atoms with E-state index < -0.39 is 0 Å². The average Bonchev–Trinajstić information content (AvgIpc) is 3.16. The first-order chi connectivity index (χ1) is 11.0. The molecule has 0 spiro atoms. The second-order valence-electron chi connectivity index (χ2n) is 6.51. The first-order valence-electron chi connectivity index (χ1n) is 8.05. The second-order valence-corrected chi connectivity index (χ2v) is 7.37. The van der Waals surface area contributed by atoms with E-state index >= 15 is 0 Å². The van der Waals surface area contributed by atoms with Crippen LogP contribution in [0.15, 0.2) is 22.7 Å². The van der Waals surface area contributed by atoms with E-state index in [9.17, 15) is 9.59 Å². The van der Waals surface area contributed by atoms with Crippen LogP contribution < -0.4 is 10.6 Å². The number of hydrogen-bond acceptors (Lipinski definition) is 3. The molecule has 3 rings (SSSR count). The van der Waals surface area contributed by atoms with Crippen LogP contribution >= 0.6 is 15.9 Å². The molecule has 0 aliphatic carbocycles. The molecule has 5 nitrogen and oxygen atoms in total. The number of aryl methyl sites for hydroxylation is 1. The summed E-state index contributed by atoms with van der Waals surface area (Å²) in [4.78, 5) is 28.6. The molecule has 2 atom stereocenters. The number of rotatable bonds is 3. The average molecular weight is 380 g/mol. The van der Waals surface area contributed by atoms with E-state index in [-0.39, 0.29) is 17.7 Å². The fraction of sp³-hybridized carbons (Fsp3) is 0.529. The lowest BCUT2D eigenvalue weighted by Gasteiger charge is -2.21. The Labute approximate surface area is 144 Å². The van der Waals surface area contributed by atoms with Gasteiger partial charge in [-0.25, -0.2) is 0 Å². The number of likely N-dealkylation sites (tertiary alicyclic amines) is 1. The van der Waals surface area contributed by atoms with Gasteiger partial charge in [-0.1, -0.05) is 15.9 Å². The Bertz CT molecular complexity index is 634. The first-order valence-corrected chi connectivity index (χ1v) is 8.84. The van der Waals surface area contributed by atoms with Crippen molar-refractivity contribution in [1.82, 2.24) is 4.90 Å².